The van der Waals surface area contributed by atoms with E-state index in [1.807, 2.05) is 30.3 Å². The molecule has 2 aliphatic rings. The van der Waals surface area contributed by atoms with Gasteiger partial charge >= 0.3 is 5.76 Å². The van der Waals surface area contributed by atoms with Crippen LogP contribution in [0.15, 0.2) is 51.7 Å². The van der Waals surface area contributed by atoms with Gasteiger partial charge in [0.2, 0.25) is 6.79 Å². The average Bonchev–Trinajstić information content (AvgIpc) is 3.27. The summed E-state index contributed by atoms with van der Waals surface area (Å²) < 4.78 is 18.0. The van der Waals surface area contributed by atoms with Gasteiger partial charge in [0.15, 0.2) is 23.8 Å². The van der Waals surface area contributed by atoms with E-state index < -0.39 is 0 Å². The fraction of sp³-hybridized carbons (Fsp3) is 0.350. The summed E-state index contributed by atoms with van der Waals surface area (Å²) in [6.07, 6.45) is 0. The SMILES string of the molecule is O=c1oc2ccccc2n1C[NH+]1CC[NH+](Cc2ccc3c(c2)OCO3)CC1. The smallest absolute Gasteiger partial charge is 0.424 e. The molecular formula is C20H23N3O4+2. The molecule has 1 saturated heterocycles. The molecule has 3 aromatic rings. The van der Waals surface area contributed by atoms with E-state index in [1.54, 1.807) is 9.47 Å². The topological polar surface area (TPSA) is 62.5 Å². The number of para-hydroxylation sites is 2. The van der Waals surface area contributed by atoms with Crippen LogP contribution in [0.2, 0.25) is 0 Å². The summed E-state index contributed by atoms with van der Waals surface area (Å²) in [4.78, 5) is 15.1. The zero-order valence-corrected chi connectivity index (χ0v) is 15.1. The van der Waals surface area contributed by atoms with Crippen LogP contribution < -0.4 is 25.0 Å². The van der Waals surface area contributed by atoms with Crippen LogP contribution in [0.1, 0.15) is 5.56 Å². The first kappa shape index (κ1) is 16.4. The minimum Gasteiger partial charge on any atom is -0.454 e. The van der Waals surface area contributed by atoms with Crippen molar-refractivity contribution in [3.63, 3.8) is 0 Å². The third-order valence-electron chi connectivity index (χ3n) is 5.51. The molecule has 1 aromatic heterocycles. The number of benzene rings is 2. The highest BCUT2D eigenvalue weighted by Crippen LogP contribution is 2.32. The Morgan fingerprint density at radius 1 is 0.926 bits per heavy atom. The van der Waals surface area contributed by atoms with Crippen LogP contribution in [0.4, 0.5) is 0 Å². The molecule has 0 radical (unpaired) electrons. The predicted octanol–water partition coefficient (Wildman–Crippen LogP) is -0.736. The second-order valence-electron chi connectivity index (χ2n) is 7.29. The first-order valence-electron chi connectivity index (χ1n) is 9.40. The molecule has 7 heteroatoms. The van der Waals surface area contributed by atoms with Crippen LogP contribution in [0, 0.1) is 0 Å². The number of hydrogen-bond acceptors (Lipinski definition) is 4. The standard InChI is InChI=1S/C20H21N3O4/c24-20-23(16-3-1-2-4-17(16)27-20)13-22-9-7-21(8-10-22)12-15-5-6-18-19(11-15)26-14-25-18/h1-6,11H,7-10,12-14H2/p+2. The molecule has 0 aliphatic carbocycles. The van der Waals surface area contributed by atoms with E-state index in [-0.39, 0.29) is 5.76 Å². The fourth-order valence-corrected chi connectivity index (χ4v) is 4.02. The van der Waals surface area contributed by atoms with Gasteiger partial charge in [-0.05, 0) is 30.3 Å². The van der Waals surface area contributed by atoms with Crippen molar-refractivity contribution in [3.8, 4) is 11.5 Å². The highest BCUT2D eigenvalue weighted by atomic mass is 16.7. The minimum absolute atomic E-state index is 0.265. The van der Waals surface area contributed by atoms with Crippen molar-refractivity contribution < 1.29 is 23.7 Å². The van der Waals surface area contributed by atoms with Crippen LogP contribution in [-0.4, -0.2) is 37.5 Å². The molecule has 0 bridgehead atoms. The molecule has 2 aromatic carbocycles. The monoisotopic (exact) mass is 369 g/mol. The van der Waals surface area contributed by atoms with E-state index in [0.717, 1.165) is 49.7 Å². The summed E-state index contributed by atoms with van der Waals surface area (Å²) in [5.74, 6) is 1.42. The van der Waals surface area contributed by atoms with Crippen molar-refractivity contribution in [1.29, 1.82) is 0 Å². The highest BCUT2D eigenvalue weighted by Gasteiger charge is 2.25. The van der Waals surface area contributed by atoms with Gasteiger partial charge in [-0.1, -0.05) is 12.1 Å². The van der Waals surface area contributed by atoms with Crippen molar-refractivity contribution in [2.24, 2.45) is 0 Å². The molecule has 2 N–H and O–H groups in total. The maximum absolute atomic E-state index is 12.2. The quantitative estimate of drug-likeness (QED) is 0.636. The minimum atomic E-state index is -0.265. The summed E-state index contributed by atoms with van der Waals surface area (Å²) >= 11 is 0. The number of fused-ring (bicyclic) bond motifs is 2. The first-order chi connectivity index (χ1) is 13.3. The molecule has 0 spiro atoms. The molecule has 0 unspecified atom stereocenters. The molecule has 0 amide bonds. The van der Waals surface area contributed by atoms with Gasteiger partial charge < -0.3 is 23.7 Å². The van der Waals surface area contributed by atoms with Gasteiger partial charge in [0.25, 0.3) is 0 Å². The van der Waals surface area contributed by atoms with Crippen LogP contribution in [0.25, 0.3) is 11.1 Å². The average molecular weight is 369 g/mol. The van der Waals surface area contributed by atoms with Gasteiger partial charge in [0, 0.05) is 5.56 Å². The van der Waals surface area contributed by atoms with E-state index in [9.17, 15) is 4.79 Å². The molecule has 3 heterocycles. The molecule has 7 nitrogen and oxygen atoms in total. The summed E-state index contributed by atoms with van der Waals surface area (Å²) in [5, 5.41) is 0. The maximum Gasteiger partial charge on any atom is 0.424 e. The number of oxazole rings is 1. The zero-order valence-electron chi connectivity index (χ0n) is 15.1. The second-order valence-corrected chi connectivity index (χ2v) is 7.29. The number of nitrogens with one attached hydrogen (secondary N) is 2. The summed E-state index contributed by atoms with van der Waals surface area (Å²) in [7, 11) is 0. The Labute approximate surface area is 156 Å². The van der Waals surface area contributed by atoms with Gasteiger partial charge in [-0.25, -0.2) is 9.36 Å². The van der Waals surface area contributed by atoms with Gasteiger partial charge in [-0.3, -0.25) is 0 Å². The van der Waals surface area contributed by atoms with Crippen molar-refractivity contribution >= 4 is 11.1 Å². The predicted molar refractivity (Wildman–Crippen MR) is 98.1 cm³/mol. The van der Waals surface area contributed by atoms with Gasteiger partial charge in [-0.15, -0.1) is 0 Å². The number of aromatic nitrogens is 1. The zero-order chi connectivity index (χ0) is 18.2. The summed E-state index contributed by atoms with van der Waals surface area (Å²) in [5.41, 5.74) is 2.81. The van der Waals surface area contributed by atoms with E-state index in [1.165, 1.54) is 10.5 Å². The molecular weight excluding hydrogens is 346 g/mol. The lowest BCUT2D eigenvalue weighted by atomic mass is 10.1. The van der Waals surface area contributed by atoms with Gasteiger partial charge in [0.05, 0.1) is 5.52 Å². The van der Waals surface area contributed by atoms with Crippen molar-refractivity contribution in [3.05, 3.63) is 58.6 Å². The van der Waals surface area contributed by atoms with Crippen molar-refractivity contribution in [2.75, 3.05) is 33.0 Å². The van der Waals surface area contributed by atoms with E-state index in [2.05, 4.69) is 12.1 Å². The lowest BCUT2D eigenvalue weighted by Gasteiger charge is -2.29. The largest absolute Gasteiger partial charge is 0.454 e. The van der Waals surface area contributed by atoms with Crippen molar-refractivity contribution in [1.82, 2.24) is 4.57 Å². The molecule has 0 saturated carbocycles. The third-order valence-corrected chi connectivity index (χ3v) is 5.51. The van der Waals surface area contributed by atoms with Crippen LogP contribution in [0.3, 0.4) is 0 Å². The maximum atomic E-state index is 12.2. The van der Waals surface area contributed by atoms with Crippen LogP contribution in [-0.2, 0) is 13.2 Å². The lowest BCUT2D eigenvalue weighted by Crippen LogP contribution is -3.27. The van der Waals surface area contributed by atoms with E-state index >= 15 is 0 Å². The van der Waals surface area contributed by atoms with Gasteiger partial charge in [-0.2, -0.15) is 0 Å². The Bertz CT molecular complexity index is 1020. The second kappa shape index (κ2) is 6.75. The Hall–Kier alpha value is -2.77. The number of piperazine rings is 1. The lowest BCUT2D eigenvalue weighted by molar-refractivity contribution is -1.03. The highest BCUT2D eigenvalue weighted by molar-refractivity contribution is 5.72. The summed E-state index contributed by atoms with van der Waals surface area (Å²) in [6, 6.07) is 13.8. The molecule has 27 heavy (non-hydrogen) atoms. The number of hydrogen-bond donors (Lipinski definition) is 2. The normalized spacial score (nSPS) is 21.6. The number of rotatable bonds is 4. The fourth-order valence-electron chi connectivity index (χ4n) is 4.02. The number of ether oxygens (including phenoxy) is 2. The molecule has 140 valence electrons. The molecule has 2 aliphatic heterocycles. The first-order valence-corrected chi connectivity index (χ1v) is 9.40. The number of quaternary nitrogens is 2. The Kier molecular flexibility index (Phi) is 4.10. The Morgan fingerprint density at radius 3 is 2.59 bits per heavy atom. The molecule has 1 fully saturated rings. The molecule has 5 rings (SSSR count). The molecule has 0 atom stereocenters. The van der Waals surface area contributed by atoms with Crippen LogP contribution >= 0.6 is 0 Å². The Balaban J connectivity index is 1.21. The third kappa shape index (κ3) is 3.20. The van der Waals surface area contributed by atoms with Crippen LogP contribution in [0.5, 0.6) is 11.5 Å². The van der Waals surface area contributed by atoms with E-state index in [0.29, 0.717) is 19.0 Å². The van der Waals surface area contributed by atoms with E-state index in [4.69, 9.17) is 13.9 Å². The number of nitrogens with zero attached hydrogens (tertiary/aromatic N) is 1. The van der Waals surface area contributed by atoms with Crippen molar-refractivity contribution in [2.45, 2.75) is 13.2 Å². The van der Waals surface area contributed by atoms with Gasteiger partial charge in [0.1, 0.15) is 32.7 Å². The Morgan fingerprint density at radius 2 is 1.70 bits per heavy atom. The summed E-state index contributed by atoms with van der Waals surface area (Å²) in [6.45, 7) is 6.18.